The van der Waals surface area contributed by atoms with Crippen LogP contribution in [0.15, 0.2) is 0 Å². The minimum Gasteiger partial charge on any atom is -0.450 e. The van der Waals surface area contributed by atoms with Crippen LogP contribution in [0.1, 0.15) is 0 Å². The van der Waals surface area contributed by atoms with Crippen LogP contribution in [0.4, 0.5) is 4.79 Å². The summed E-state index contributed by atoms with van der Waals surface area (Å²) < 4.78 is 31.6. The molecule has 0 rings (SSSR count). The first-order valence-corrected chi connectivity index (χ1v) is 2.75. The van der Waals surface area contributed by atoms with Crippen molar-refractivity contribution in [3.05, 3.63) is 0 Å². The topological polar surface area (TPSA) is 132 Å². The van der Waals surface area contributed by atoms with Crippen LogP contribution in [0.2, 0.25) is 0 Å². The molecular formula is CH4CuMnO7S. The molecular weight excluding hydrogens is 275 g/mol. The quantitative estimate of drug-likeness (QED) is 0.349. The fraction of sp³-hybridized carbons (Fsp3) is 0. The fourth-order valence-corrected chi connectivity index (χ4v) is 0. The molecule has 11 heavy (non-hydrogen) atoms. The molecule has 74 valence electrons. The van der Waals surface area contributed by atoms with Crippen LogP contribution in [0.5, 0.6) is 0 Å². The smallest absolute Gasteiger partial charge is 0.450 e. The summed E-state index contributed by atoms with van der Waals surface area (Å²) in [6.45, 7) is 0. The molecule has 0 aromatic rings. The Bertz CT molecular complexity index is 161. The molecule has 0 aromatic carbocycles. The van der Waals surface area contributed by atoms with Gasteiger partial charge in [0.1, 0.15) is 0 Å². The molecule has 4 N–H and O–H groups in total. The van der Waals surface area contributed by atoms with Gasteiger partial charge in [-0.15, -0.1) is 0 Å². The van der Waals surface area contributed by atoms with Gasteiger partial charge in [-0.05, 0) is 0 Å². The van der Waals surface area contributed by atoms with Gasteiger partial charge in [-0.1, -0.05) is 0 Å². The van der Waals surface area contributed by atoms with E-state index in [-0.39, 0.29) is 34.1 Å². The van der Waals surface area contributed by atoms with E-state index in [0.29, 0.717) is 0 Å². The van der Waals surface area contributed by atoms with Gasteiger partial charge in [0.2, 0.25) is 0 Å². The SMILES string of the molecule is O=C(O)O.O=S(=O)(O)O.[Cu].[Mn]. The Labute approximate surface area is 83.3 Å². The van der Waals surface area contributed by atoms with E-state index in [1.54, 1.807) is 0 Å². The van der Waals surface area contributed by atoms with Crippen molar-refractivity contribution in [3.8, 4) is 0 Å². The maximum absolute atomic E-state index is 8.74. The number of rotatable bonds is 0. The predicted molar refractivity (Wildman–Crippen MR) is 24.8 cm³/mol. The Kier molecular flexibility index (Phi) is 20.8. The molecule has 7 nitrogen and oxygen atoms in total. The van der Waals surface area contributed by atoms with E-state index in [0.717, 1.165) is 0 Å². The van der Waals surface area contributed by atoms with Crippen molar-refractivity contribution in [2.75, 3.05) is 0 Å². The fourth-order valence-electron chi connectivity index (χ4n) is 0. The largest absolute Gasteiger partial charge is 0.503 e. The van der Waals surface area contributed by atoms with Gasteiger partial charge in [-0.2, -0.15) is 8.42 Å². The number of hydrogen-bond donors (Lipinski definition) is 4. The minimum atomic E-state index is -4.67. The second-order valence-corrected chi connectivity index (χ2v) is 1.63. The molecule has 0 aliphatic heterocycles. The van der Waals surface area contributed by atoms with Crippen LogP contribution in [0, 0.1) is 0 Å². The minimum absolute atomic E-state index is 0. The molecule has 0 saturated carbocycles. The van der Waals surface area contributed by atoms with Crippen molar-refractivity contribution in [2.24, 2.45) is 0 Å². The molecule has 0 unspecified atom stereocenters. The molecule has 0 amide bonds. The second-order valence-electron chi connectivity index (χ2n) is 0.730. The van der Waals surface area contributed by atoms with E-state index in [1.165, 1.54) is 0 Å². The van der Waals surface area contributed by atoms with Crippen molar-refractivity contribution >= 4 is 16.6 Å². The van der Waals surface area contributed by atoms with Crippen molar-refractivity contribution in [3.63, 3.8) is 0 Å². The summed E-state index contributed by atoms with van der Waals surface area (Å²) in [5.41, 5.74) is 0. The van der Waals surface area contributed by atoms with Crippen molar-refractivity contribution in [1.82, 2.24) is 0 Å². The van der Waals surface area contributed by atoms with Gasteiger partial charge in [-0.3, -0.25) is 9.11 Å². The van der Waals surface area contributed by atoms with Crippen molar-refractivity contribution in [1.29, 1.82) is 0 Å². The molecule has 0 aliphatic carbocycles. The molecule has 0 spiro atoms. The van der Waals surface area contributed by atoms with Gasteiger partial charge in [0.25, 0.3) is 0 Å². The van der Waals surface area contributed by atoms with E-state index < -0.39 is 16.6 Å². The maximum atomic E-state index is 8.74. The zero-order chi connectivity index (χ0) is 8.08. The number of carbonyl (C=O) groups is 1. The van der Waals surface area contributed by atoms with Crippen molar-refractivity contribution < 1.29 is 66.7 Å². The first-order chi connectivity index (χ1) is 3.73. The van der Waals surface area contributed by atoms with Crippen LogP contribution in [0.3, 0.4) is 0 Å². The van der Waals surface area contributed by atoms with E-state index in [2.05, 4.69) is 0 Å². The van der Waals surface area contributed by atoms with Crippen molar-refractivity contribution in [2.45, 2.75) is 0 Å². The normalized spacial score (nSPS) is 7.45. The van der Waals surface area contributed by atoms with E-state index in [9.17, 15) is 0 Å². The summed E-state index contributed by atoms with van der Waals surface area (Å²) >= 11 is 0. The average molecular weight is 279 g/mol. The summed E-state index contributed by atoms with van der Waals surface area (Å²) in [7, 11) is -4.67. The summed E-state index contributed by atoms with van der Waals surface area (Å²) in [5.74, 6) is 0. The van der Waals surface area contributed by atoms with Crippen LogP contribution in [-0.4, -0.2) is 33.9 Å². The van der Waals surface area contributed by atoms with Gasteiger partial charge in [0.05, 0.1) is 0 Å². The van der Waals surface area contributed by atoms with Crippen LogP contribution < -0.4 is 0 Å². The third-order valence-corrected chi connectivity index (χ3v) is 0. The molecule has 0 atom stereocenters. The van der Waals surface area contributed by atoms with Crippen LogP contribution in [-0.2, 0) is 44.5 Å². The van der Waals surface area contributed by atoms with Gasteiger partial charge < -0.3 is 10.2 Å². The molecule has 10 heteroatoms. The molecule has 2 radical (unpaired) electrons. The standard InChI is InChI=1S/CH2O3.Cu.Mn.H2O4S/c2-1(3)4;;;1-5(2,3)4/h(H2,2,3,4);;;(H2,1,2,3,4). The third kappa shape index (κ3) is 21300. The first kappa shape index (κ1) is 22.5. The molecule has 0 fully saturated rings. The third-order valence-electron chi connectivity index (χ3n) is 0. The summed E-state index contributed by atoms with van der Waals surface area (Å²) in [6, 6.07) is 0. The van der Waals surface area contributed by atoms with Gasteiger partial charge in [0.15, 0.2) is 0 Å². The van der Waals surface area contributed by atoms with Crippen LogP contribution >= 0.6 is 0 Å². The van der Waals surface area contributed by atoms with E-state index in [1.807, 2.05) is 0 Å². The zero-order valence-corrected chi connectivity index (χ0v) is 7.54. The number of carboxylic acid groups (broad SMARTS) is 2. The van der Waals surface area contributed by atoms with Gasteiger partial charge in [-0.25, -0.2) is 4.79 Å². The Morgan fingerprint density at radius 1 is 1.09 bits per heavy atom. The Morgan fingerprint density at radius 3 is 1.09 bits per heavy atom. The molecule has 0 saturated heterocycles. The Hall–Kier alpha value is 0.179. The van der Waals surface area contributed by atoms with Gasteiger partial charge >= 0.3 is 16.6 Å². The maximum Gasteiger partial charge on any atom is 0.503 e. The zero-order valence-electron chi connectivity index (χ0n) is 4.60. The first-order valence-electron chi connectivity index (χ1n) is 1.35. The predicted octanol–water partition coefficient (Wildman–Crippen LogP) is -0.435. The monoisotopic (exact) mass is 278 g/mol. The van der Waals surface area contributed by atoms with Crippen LogP contribution in [0.25, 0.3) is 0 Å². The van der Waals surface area contributed by atoms with E-state index >= 15 is 0 Å². The number of hydrogen-bond acceptors (Lipinski definition) is 3. The van der Waals surface area contributed by atoms with Gasteiger partial charge in [0, 0.05) is 34.1 Å². The molecule has 0 aliphatic rings. The van der Waals surface area contributed by atoms with E-state index in [4.69, 9.17) is 32.5 Å². The second kappa shape index (κ2) is 10.2. The average Bonchev–Trinajstić information content (AvgIpc) is 1.19. The Balaban J connectivity index is -0.0000000383. The Morgan fingerprint density at radius 2 is 1.09 bits per heavy atom. The molecule has 0 heterocycles. The molecule has 0 bridgehead atoms. The molecule has 0 aromatic heterocycles. The summed E-state index contributed by atoms with van der Waals surface area (Å²) in [4.78, 5) is 8.56. The summed E-state index contributed by atoms with van der Waals surface area (Å²) in [5, 5.41) is 13.9. The summed E-state index contributed by atoms with van der Waals surface area (Å²) in [6.07, 6.45) is -1.83.